The van der Waals surface area contributed by atoms with Gasteiger partial charge in [-0.25, -0.2) is 0 Å². The van der Waals surface area contributed by atoms with Crippen LogP contribution in [0.2, 0.25) is 0 Å². The van der Waals surface area contributed by atoms with E-state index in [1.54, 1.807) is 5.57 Å². The van der Waals surface area contributed by atoms with Crippen LogP contribution in [0.4, 0.5) is 0 Å². The van der Waals surface area contributed by atoms with E-state index in [-0.39, 0.29) is 0 Å². The Morgan fingerprint density at radius 3 is 2.63 bits per heavy atom. The van der Waals surface area contributed by atoms with E-state index in [9.17, 15) is 0 Å². The molecule has 2 aliphatic carbocycles. The van der Waals surface area contributed by atoms with E-state index < -0.39 is 0 Å². The molecule has 2 atom stereocenters. The molecule has 2 aliphatic rings. The Morgan fingerprint density at radius 2 is 2.05 bits per heavy atom. The van der Waals surface area contributed by atoms with Gasteiger partial charge in [-0.1, -0.05) is 50.3 Å². The molecule has 102 valence electrons. The molecule has 0 aromatic rings. The SMILES string of the molecule is C=C(C)C1=C/C(=C/C2=C(C)CC[C@H](C)C2)C(=C)C1C. The van der Waals surface area contributed by atoms with Crippen LogP contribution < -0.4 is 0 Å². The fourth-order valence-electron chi connectivity index (χ4n) is 3.10. The van der Waals surface area contributed by atoms with E-state index in [0.717, 1.165) is 5.92 Å². The van der Waals surface area contributed by atoms with Crippen molar-refractivity contribution >= 4 is 0 Å². The van der Waals surface area contributed by atoms with Crippen LogP contribution in [0.5, 0.6) is 0 Å². The zero-order valence-electron chi connectivity index (χ0n) is 12.8. The van der Waals surface area contributed by atoms with E-state index in [1.807, 2.05) is 0 Å². The molecular weight excluding hydrogens is 228 g/mol. The fourth-order valence-corrected chi connectivity index (χ4v) is 3.10. The lowest BCUT2D eigenvalue weighted by atomic mass is 9.84. The van der Waals surface area contributed by atoms with Gasteiger partial charge in [0.1, 0.15) is 0 Å². The van der Waals surface area contributed by atoms with Crippen molar-refractivity contribution in [1.82, 2.24) is 0 Å². The molecule has 2 rings (SSSR count). The minimum atomic E-state index is 0.422. The summed E-state index contributed by atoms with van der Waals surface area (Å²) in [6.07, 6.45) is 8.46. The summed E-state index contributed by atoms with van der Waals surface area (Å²) in [5, 5.41) is 0. The summed E-state index contributed by atoms with van der Waals surface area (Å²) >= 11 is 0. The van der Waals surface area contributed by atoms with Crippen molar-refractivity contribution in [3.8, 4) is 0 Å². The summed E-state index contributed by atoms with van der Waals surface area (Å²) in [7, 11) is 0. The van der Waals surface area contributed by atoms with Crippen LogP contribution in [0.3, 0.4) is 0 Å². The molecule has 1 unspecified atom stereocenters. The summed E-state index contributed by atoms with van der Waals surface area (Å²) in [6.45, 7) is 17.3. The summed E-state index contributed by atoms with van der Waals surface area (Å²) in [6, 6.07) is 0. The van der Waals surface area contributed by atoms with Crippen LogP contribution in [0, 0.1) is 11.8 Å². The number of hydrogen-bond donors (Lipinski definition) is 0. The highest BCUT2D eigenvalue weighted by molar-refractivity contribution is 5.58. The lowest BCUT2D eigenvalue weighted by Crippen LogP contribution is -2.05. The van der Waals surface area contributed by atoms with Gasteiger partial charge in [-0.15, -0.1) is 0 Å². The first kappa shape index (κ1) is 14.1. The molecule has 19 heavy (non-hydrogen) atoms. The molecule has 0 saturated carbocycles. The summed E-state index contributed by atoms with van der Waals surface area (Å²) in [4.78, 5) is 0. The highest BCUT2D eigenvalue weighted by atomic mass is 14.3. The van der Waals surface area contributed by atoms with Crippen LogP contribution in [0.15, 0.2) is 58.7 Å². The molecule has 0 saturated heterocycles. The molecule has 0 aliphatic heterocycles. The second-order valence-electron chi connectivity index (χ2n) is 6.38. The Balaban J connectivity index is 2.34. The van der Waals surface area contributed by atoms with Crippen molar-refractivity contribution in [3.63, 3.8) is 0 Å². The zero-order chi connectivity index (χ0) is 14.2. The fraction of sp³-hybridized carbons (Fsp3) is 0.474. The predicted molar refractivity (Wildman–Crippen MR) is 85.0 cm³/mol. The normalized spacial score (nSPS) is 30.0. The van der Waals surface area contributed by atoms with E-state index in [4.69, 9.17) is 0 Å². The van der Waals surface area contributed by atoms with Gasteiger partial charge < -0.3 is 0 Å². The van der Waals surface area contributed by atoms with Gasteiger partial charge in [0.25, 0.3) is 0 Å². The second-order valence-corrected chi connectivity index (χ2v) is 6.38. The van der Waals surface area contributed by atoms with E-state index >= 15 is 0 Å². The van der Waals surface area contributed by atoms with Crippen LogP contribution in [-0.4, -0.2) is 0 Å². The van der Waals surface area contributed by atoms with Gasteiger partial charge in [0.2, 0.25) is 0 Å². The lowest BCUT2D eigenvalue weighted by Gasteiger charge is -2.21. The quantitative estimate of drug-likeness (QED) is 0.588. The van der Waals surface area contributed by atoms with Crippen molar-refractivity contribution in [1.29, 1.82) is 0 Å². The Hall–Kier alpha value is -1.30. The Labute approximate surface area is 118 Å². The molecule has 0 heterocycles. The maximum atomic E-state index is 4.27. The molecule has 0 aromatic heterocycles. The predicted octanol–water partition coefficient (Wildman–Crippen LogP) is 5.76. The molecule has 0 radical (unpaired) electrons. The van der Waals surface area contributed by atoms with Crippen molar-refractivity contribution in [2.24, 2.45) is 11.8 Å². The van der Waals surface area contributed by atoms with Crippen molar-refractivity contribution in [2.45, 2.75) is 47.0 Å². The first-order valence-electron chi connectivity index (χ1n) is 7.37. The van der Waals surface area contributed by atoms with Crippen LogP contribution >= 0.6 is 0 Å². The number of allylic oxidation sites excluding steroid dienone is 8. The highest BCUT2D eigenvalue weighted by Gasteiger charge is 2.23. The van der Waals surface area contributed by atoms with Crippen molar-refractivity contribution in [3.05, 3.63) is 58.7 Å². The summed E-state index contributed by atoms with van der Waals surface area (Å²) in [5.74, 6) is 1.23. The molecule has 0 aromatic carbocycles. The molecular formula is C19H26. The van der Waals surface area contributed by atoms with E-state index in [0.29, 0.717) is 5.92 Å². The summed E-state index contributed by atoms with van der Waals surface area (Å²) in [5.41, 5.74) is 8.16. The van der Waals surface area contributed by atoms with Crippen molar-refractivity contribution < 1.29 is 0 Å². The lowest BCUT2D eigenvalue weighted by molar-refractivity contribution is 0.502. The topological polar surface area (TPSA) is 0 Å². The molecule has 0 amide bonds. The minimum Gasteiger partial charge on any atom is -0.0958 e. The van der Waals surface area contributed by atoms with Gasteiger partial charge in [0.05, 0.1) is 0 Å². The Bertz CT molecular complexity index is 508. The smallest absolute Gasteiger partial charge is 0.00636 e. The summed E-state index contributed by atoms with van der Waals surface area (Å²) < 4.78 is 0. The average Bonchev–Trinajstić information content (AvgIpc) is 2.62. The van der Waals surface area contributed by atoms with Gasteiger partial charge in [-0.3, -0.25) is 0 Å². The first-order valence-corrected chi connectivity index (χ1v) is 7.37. The van der Waals surface area contributed by atoms with Crippen molar-refractivity contribution in [2.75, 3.05) is 0 Å². The monoisotopic (exact) mass is 254 g/mol. The third kappa shape index (κ3) is 2.83. The van der Waals surface area contributed by atoms with Gasteiger partial charge >= 0.3 is 0 Å². The van der Waals surface area contributed by atoms with Crippen LogP contribution in [0.1, 0.15) is 47.0 Å². The maximum absolute atomic E-state index is 4.27. The number of rotatable bonds is 2. The van der Waals surface area contributed by atoms with Gasteiger partial charge in [0, 0.05) is 5.92 Å². The molecule has 0 spiro atoms. The Morgan fingerprint density at radius 1 is 1.37 bits per heavy atom. The van der Waals surface area contributed by atoms with Gasteiger partial charge in [-0.2, -0.15) is 0 Å². The number of hydrogen-bond acceptors (Lipinski definition) is 0. The Kier molecular flexibility index (Phi) is 3.99. The zero-order valence-corrected chi connectivity index (χ0v) is 12.8. The minimum absolute atomic E-state index is 0.422. The maximum Gasteiger partial charge on any atom is 0.00636 e. The second kappa shape index (κ2) is 5.36. The molecule has 0 N–H and O–H groups in total. The van der Waals surface area contributed by atoms with Crippen LogP contribution in [-0.2, 0) is 0 Å². The average molecular weight is 254 g/mol. The van der Waals surface area contributed by atoms with Crippen LogP contribution in [0.25, 0.3) is 0 Å². The van der Waals surface area contributed by atoms with E-state index in [2.05, 4.69) is 53.0 Å². The van der Waals surface area contributed by atoms with Gasteiger partial charge in [-0.05, 0) is 61.3 Å². The van der Waals surface area contributed by atoms with E-state index in [1.165, 1.54) is 47.1 Å². The third-order valence-electron chi connectivity index (χ3n) is 4.62. The highest BCUT2D eigenvalue weighted by Crippen LogP contribution is 2.39. The standard InChI is InChI=1S/C19H26/c1-12(2)19-11-18(15(5)16(19)6)10-17-9-13(3)7-8-14(17)4/h10-11,13,16H,1,5,7-9H2,2-4,6H3/b18-10-/t13-,16?/m0/s1. The first-order chi connectivity index (χ1) is 8.90. The largest absolute Gasteiger partial charge is 0.0958 e. The molecule has 0 bridgehead atoms. The molecule has 0 fully saturated rings. The molecule has 0 nitrogen and oxygen atoms in total. The van der Waals surface area contributed by atoms with Gasteiger partial charge in [0.15, 0.2) is 0 Å². The third-order valence-corrected chi connectivity index (χ3v) is 4.62. The molecule has 0 heteroatoms.